The van der Waals surface area contributed by atoms with Gasteiger partial charge < -0.3 is 10.1 Å². The SMILES string of the molecule is CCCCCNC.COC=O. The van der Waals surface area contributed by atoms with E-state index in [9.17, 15) is 0 Å². The van der Waals surface area contributed by atoms with E-state index >= 15 is 0 Å². The van der Waals surface area contributed by atoms with Crippen molar-refractivity contribution in [3.05, 3.63) is 0 Å². The molecular formula is C8H19NO2. The predicted molar refractivity (Wildman–Crippen MR) is 46.5 cm³/mol. The fourth-order valence-corrected chi connectivity index (χ4v) is 0.552. The molecule has 1 N–H and O–H groups in total. The van der Waals surface area contributed by atoms with Crippen molar-refractivity contribution in [2.45, 2.75) is 26.2 Å². The Hall–Kier alpha value is -0.570. The maximum atomic E-state index is 8.95. The van der Waals surface area contributed by atoms with E-state index in [1.165, 1.54) is 32.9 Å². The van der Waals surface area contributed by atoms with Gasteiger partial charge in [0.1, 0.15) is 0 Å². The number of ether oxygens (including phenoxy) is 1. The number of hydrogen-bond acceptors (Lipinski definition) is 3. The highest BCUT2D eigenvalue weighted by Crippen LogP contribution is 1.89. The number of hydrogen-bond donors (Lipinski definition) is 1. The van der Waals surface area contributed by atoms with E-state index in [0.29, 0.717) is 6.47 Å². The molecule has 0 aliphatic rings. The molecule has 11 heavy (non-hydrogen) atoms. The van der Waals surface area contributed by atoms with E-state index in [2.05, 4.69) is 17.0 Å². The number of carbonyl (C=O) groups is 1. The smallest absolute Gasteiger partial charge is 0.292 e. The Labute approximate surface area is 69.1 Å². The molecule has 0 aromatic carbocycles. The molecule has 0 fully saturated rings. The van der Waals surface area contributed by atoms with Crippen molar-refractivity contribution in [2.24, 2.45) is 0 Å². The quantitative estimate of drug-likeness (QED) is 0.486. The van der Waals surface area contributed by atoms with Gasteiger partial charge in [0.15, 0.2) is 0 Å². The van der Waals surface area contributed by atoms with Gasteiger partial charge in [0.05, 0.1) is 7.11 Å². The summed E-state index contributed by atoms with van der Waals surface area (Å²) in [5.74, 6) is 0. The lowest BCUT2D eigenvalue weighted by Crippen LogP contribution is -2.06. The molecule has 0 amide bonds. The molecule has 0 radical (unpaired) electrons. The van der Waals surface area contributed by atoms with Gasteiger partial charge in [-0.25, -0.2) is 0 Å². The van der Waals surface area contributed by atoms with Gasteiger partial charge in [-0.1, -0.05) is 19.8 Å². The Kier molecular flexibility index (Phi) is 19.2. The molecule has 0 rings (SSSR count). The predicted octanol–water partition coefficient (Wildman–Crippen LogP) is 1.19. The van der Waals surface area contributed by atoms with Crippen LogP contribution in [0.15, 0.2) is 0 Å². The first kappa shape index (κ1) is 13.1. The summed E-state index contributed by atoms with van der Waals surface area (Å²) in [5, 5.41) is 3.10. The van der Waals surface area contributed by atoms with Crippen LogP contribution < -0.4 is 5.32 Å². The van der Waals surface area contributed by atoms with Gasteiger partial charge in [0.2, 0.25) is 0 Å². The minimum atomic E-state index is 0.375. The van der Waals surface area contributed by atoms with Crippen LogP contribution in [0.25, 0.3) is 0 Å². The van der Waals surface area contributed by atoms with Crippen molar-refractivity contribution in [3.8, 4) is 0 Å². The molecule has 3 heteroatoms. The Morgan fingerprint density at radius 1 is 1.45 bits per heavy atom. The van der Waals surface area contributed by atoms with Crippen LogP contribution in [0.5, 0.6) is 0 Å². The third-order valence-electron chi connectivity index (χ3n) is 1.13. The lowest BCUT2D eigenvalue weighted by Gasteiger charge is -1.93. The maximum Gasteiger partial charge on any atom is 0.292 e. The Morgan fingerprint density at radius 3 is 2.27 bits per heavy atom. The average molecular weight is 161 g/mol. The molecule has 3 nitrogen and oxygen atoms in total. The van der Waals surface area contributed by atoms with Crippen LogP contribution in [0.4, 0.5) is 0 Å². The number of unbranched alkanes of at least 4 members (excludes halogenated alkanes) is 2. The summed E-state index contributed by atoms with van der Waals surface area (Å²) in [6.45, 7) is 3.77. The summed E-state index contributed by atoms with van der Waals surface area (Å²) >= 11 is 0. The van der Waals surface area contributed by atoms with Crippen LogP contribution in [-0.4, -0.2) is 27.2 Å². The summed E-state index contributed by atoms with van der Waals surface area (Å²) in [7, 11) is 3.31. The fraction of sp³-hybridized carbons (Fsp3) is 0.875. The van der Waals surface area contributed by atoms with Gasteiger partial charge in [-0.15, -0.1) is 0 Å². The summed E-state index contributed by atoms with van der Waals surface area (Å²) in [6.07, 6.45) is 4.01. The third-order valence-corrected chi connectivity index (χ3v) is 1.13. The Bertz CT molecular complexity index is 63.1. The number of rotatable bonds is 5. The van der Waals surface area contributed by atoms with Crippen LogP contribution in [0.1, 0.15) is 26.2 Å². The summed E-state index contributed by atoms with van der Waals surface area (Å²) in [5.41, 5.74) is 0. The normalized spacial score (nSPS) is 7.91. The highest BCUT2D eigenvalue weighted by Gasteiger charge is 1.78. The first-order valence-corrected chi connectivity index (χ1v) is 3.94. The van der Waals surface area contributed by atoms with Crippen LogP contribution >= 0.6 is 0 Å². The molecule has 0 aromatic rings. The zero-order valence-electron chi connectivity index (χ0n) is 7.72. The average Bonchev–Trinajstić information content (AvgIpc) is 2.06. The van der Waals surface area contributed by atoms with Crippen LogP contribution in [0, 0.1) is 0 Å². The molecule has 0 unspecified atom stereocenters. The first-order valence-electron chi connectivity index (χ1n) is 3.94. The van der Waals surface area contributed by atoms with Gasteiger partial charge in [-0.3, -0.25) is 4.79 Å². The highest BCUT2D eigenvalue weighted by molar-refractivity contribution is 5.36. The molecule has 68 valence electrons. The molecule has 0 saturated carbocycles. The van der Waals surface area contributed by atoms with Crippen molar-refractivity contribution in [2.75, 3.05) is 20.7 Å². The summed E-state index contributed by atoms with van der Waals surface area (Å²) < 4.78 is 3.86. The highest BCUT2D eigenvalue weighted by atomic mass is 16.5. The number of methoxy groups -OCH3 is 1. The molecular weight excluding hydrogens is 142 g/mol. The zero-order valence-corrected chi connectivity index (χ0v) is 7.72. The standard InChI is InChI=1S/C6H15N.C2H4O2/c1-3-4-5-6-7-2;1-4-2-3/h7H,3-6H2,1-2H3;2H,1H3. The topological polar surface area (TPSA) is 38.3 Å². The van der Waals surface area contributed by atoms with Crippen LogP contribution in [-0.2, 0) is 9.53 Å². The third kappa shape index (κ3) is 26.5. The van der Waals surface area contributed by atoms with Crippen molar-refractivity contribution in [1.82, 2.24) is 5.32 Å². The number of nitrogens with one attached hydrogen (secondary N) is 1. The molecule has 0 aliphatic heterocycles. The molecule has 0 heterocycles. The maximum absolute atomic E-state index is 8.95. The molecule has 0 bridgehead atoms. The monoisotopic (exact) mass is 161 g/mol. The van der Waals surface area contributed by atoms with E-state index in [-0.39, 0.29) is 0 Å². The van der Waals surface area contributed by atoms with Crippen molar-refractivity contribution >= 4 is 6.47 Å². The van der Waals surface area contributed by atoms with E-state index in [1.54, 1.807) is 0 Å². The second-order valence-corrected chi connectivity index (χ2v) is 2.14. The lowest BCUT2D eigenvalue weighted by atomic mass is 10.2. The Morgan fingerprint density at radius 2 is 2.00 bits per heavy atom. The molecule has 0 aromatic heterocycles. The van der Waals surface area contributed by atoms with E-state index in [0.717, 1.165) is 0 Å². The van der Waals surface area contributed by atoms with E-state index < -0.39 is 0 Å². The van der Waals surface area contributed by atoms with Gasteiger partial charge >= 0.3 is 0 Å². The van der Waals surface area contributed by atoms with Crippen LogP contribution in [0.2, 0.25) is 0 Å². The second-order valence-electron chi connectivity index (χ2n) is 2.14. The fourth-order valence-electron chi connectivity index (χ4n) is 0.552. The molecule has 0 aliphatic carbocycles. The summed E-state index contributed by atoms with van der Waals surface area (Å²) in [6, 6.07) is 0. The molecule has 0 spiro atoms. The molecule has 0 atom stereocenters. The van der Waals surface area contributed by atoms with Crippen molar-refractivity contribution in [3.63, 3.8) is 0 Å². The number of carbonyl (C=O) groups excluding carboxylic acids is 1. The second kappa shape index (κ2) is 16.2. The Balaban J connectivity index is 0. The van der Waals surface area contributed by atoms with Crippen molar-refractivity contribution < 1.29 is 9.53 Å². The van der Waals surface area contributed by atoms with Crippen LogP contribution in [0.3, 0.4) is 0 Å². The van der Waals surface area contributed by atoms with Gasteiger partial charge in [0, 0.05) is 0 Å². The zero-order chi connectivity index (χ0) is 8.95. The summed E-state index contributed by atoms with van der Waals surface area (Å²) in [4.78, 5) is 8.95. The minimum absolute atomic E-state index is 0.375. The van der Waals surface area contributed by atoms with E-state index in [1.807, 2.05) is 7.05 Å². The lowest BCUT2D eigenvalue weighted by molar-refractivity contribution is -0.126. The van der Waals surface area contributed by atoms with Crippen molar-refractivity contribution in [1.29, 1.82) is 0 Å². The van der Waals surface area contributed by atoms with Gasteiger partial charge in [0.25, 0.3) is 6.47 Å². The minimum Gasteiger partial charge on any atom is -0.471 e. The first-order chi connectivity index (χ1) is 5.33. The molecule has 0 saturated heterocycles. The largest absolute Gasteiger partial charge is 0.471 e. The van der Waals surface area contributed by atoms with E-state index in [4.69, 9.17) is 4.79 Å². The van der Waals surface area contributed by atoms with Gasteiger partial charge in [-0.05, 0) is 20.0 Å². The van der Waals surface area contributed by atoms with Gasteiger partial charge in [-0.2, -0.15) is 0 Å².